The zero-order valence-corrected chi connectivity index (χ0v) is 20.5. The van der Waals surface area contributed by atoms with Crippen LogP contribution < -0.4 is 0 Å². The normalized spacial score (nSPS) is 20.3. The fourth-order valence-corrected chi connectivity index (χ4v) is 4.65. The lowest BCUT2D eigenvalue weighted by molar-refractivity contribution is -0.114. The van der Waals surface area contributed by atoms with Gasteiger partial charge in [-0.3, -0.25) is 4.79 Å². The maximum absolute atomic E-state index is 15.1. The van der Waals surface area contributed by atoms with Gasteiger partial charge in [-0.1, -0.05) is 83.1 Å². The van der Waals surface area contributed by atoms with Gasteiger partial charge in [0, 0.05) is 16.7 Å². The molecular formula is C29H32FNO2. The quantitative estimate of drug-likeness (QED) is 0.503. The number of carbonyl (C=O) groups is 1. The molecule has 4 rings (SSSR count). The van der Waals surface area contributed by atoms with Crippen LogP contribution in [0.25, 0.3) is 0 Å². The van der Waals surface area contributed by atoms with Crippen molar-refractivity contribution < 1.29 is 14.0 Å². The zero-order chi connectivity index (χ0) is 24.2. The Morgan fingerprint density at radius 1 is 0.909 bits per heavy atom. The lowest BCUT2D eigenvalue weighted by Gasteiger charge is -2.38. The molecular weight excluding hydrogens is 413 g/mol. The summed E-state index contributed by atoms with van der Waals surface area (Å²) in [6.07, 6.45) is 3.84. The third-order valence-electron chi connectivity index (χ3n) is 6.41. The largest absolute Gasteiger partial charge is 0.379 e. The van der Waals surface area contributed by atoms with Crippen LogP contribution in [0.5, 0.6) is 0 Å². The van der Waals surface area contributed by atoms with Gasteiger partial charge in [0.15, 0.2) is 11.4 Å². The van der Waals surface area contributed by atoms with Crippen molar-refractivity contribution in [3.8, 4) is 0 Å². The Kier molecular flexibility index (Phi) is 5.47. The molecule has 0 radical (unpaired) electrons. The summed E-state index contributed by atoms with van der Waals surface area (Å²) in [6, 6.07) is 15.0. The Balaban J connectivity index is 1.99. The van der Waals surface area contributed by atoms with Crippen molar-refractivity contribution in [1.82, 2.24) is 0 Å². The number of Topliss-reactive ketones (excluding diaryl/α,β-unsaturated/α-hetero) is 1. The van der Waals surface area contributed by atoms with E-state index in [1.165, 1.54) is 6.07 Å². The molecule has 2 aliphatic rings. The van der Waals surface area contributed by atoms with Crippen molar-refractivity contribution in [2.75, 3.05) is 0 Å². The van der Waals surface area contributed by atoms with E-state index in [-0.39, 0.29) is 11.6 Å². The summed E-state index contributed by atoms with van der Waals surface area (Å²) in [4.78, 5) is 19.8. The third-order valence-corrected chi connectivity index (χ3v) is 6.41. The lowest BCUT2D eigenvalue weighted by atomic mass is 9.65. The Hall–Kier alpha value is -3.01. The first-order chi connectivity index (χ1) is 15.3. The smallest absolute Gasteiger partial charge is 0.187 e. The Bertz CT molecular complexity index is 1160. The predicted octanol–water partition coefficient (Wildman–Crippen LogP) is 6.92. The number of oxime groups is 1. The van der Waals surface area contributed by atoms with Gasteiger partial charge in [0.05, 0.1) is 5.92 Å². The number of ketones is 1. The number of rotatable bonds is 2. The molecule has 1 unspecified atom stereocenters. The highest BCUT2D eigenvalue weighted by Gasteiger charge is 2.52. The van der Waals surface area contributed by atoms with Crippen LogP contribution in [0.3, 0.4) is 0 Å². The Morgan fingerprint density at radius 2 is 1.48 bits per heavy atom. The van der Waals surface area contributed by atoms with E-state index in [1.54, 1.807) is 6.07 Å². The van der Waals surface area contributed by atoms with Crippen LogP contribution in [0.1, 0.15) is 64.2 Å². The molecule has 1 aliphatic heterocycles. The number of benzene rings is 2. The molecule has 2 aromatic rings. The summed E-state index contributed by atoms with van der Waals surface area (Å²) in [5.74, 6) is -0.702. The number of aryl methyl sites for hydroxylation is 1. The van der Waals surface area contributed by atoms with Gasteiger partial charge in [0.1, 0.15) is 11.5 Å². The first kappa shape index (κ1) is 23.2. The molecule has 1 aliphatic carbocycles. The van der Waals surface area contributed by atoms with E-state index in [0.717, 1.165) is 11.1 Å². The highest BCUT2D eigenvalue weighted by atomic mass is 19.1. The Labute approximate surface area is 196 Å². The molecule has 0 bridgehead atoms. The van der Waals surface area contributed by atoms with E-state index in [0.29, 0.717) is 22.4 Å². The van der Waals surface area contributed by atoms with Crippen LogP contribution in [-0.4, -0.2) is 17.1 Å². The highest BCUT2D eigenvalue weighted by molar-refractivity contribution is 6.13. The number of allylic oxidation sites excluding steroid dienone is 2. The molecule has 2 aromatic carbocycles. The van der Waals surface area contributed by atoms with E-state index in [2.05, 4.69) is 5.16 Å². The van der Waals surface area contributed by atoms with Crippen LogP contribution >= 0.6 is 0 Å². The number of carbonyl (C=O) groups excluding carboxylic acids is 1. The highest BCUT2D eigenvalue weighted by Crippen LogP contribution is 2.50. The second-order valence-electron chi connectivity index (χ2n) is 11.2. The van der Waals surface area contributed by atoms with Gasteiger partial charge in [-0.2, -0.15) is 0 Å². The number of halogens is 1. The fourth-order valence-electron chi connectivity index (χ4n) is 4.65. The molecule has 4 heteroatoms. The molecule has 0 N–H and O–H groups in total. The van der Waals surface area contributed by atoms with E-state index >= 15 is 4.39 Å². The van der Waals surface area contributed by atoms with Gasteiger partial charge < -0.3 is 4.84 Å². The van der Waals surface area contributed by atoms with Crippen LogP contribution in [0.2, 0.25) is 0 Å². The first-order valence-electron chi connectivity index (χ1n) is 11.4. The van der Waals surface area contributed by atoms with E-state index in [1.807, 2.05) is 97.0 Å². The average Bonchev–Trinajstić information content (AvgIpc) is 3.07. The third kappa shape index (κ3) is 4.07. The van der Waals surface area contributed by atoms with Crippen LogP contribution in [-0.2, 0) is 9.63 Å². The van der Waals surface area contributed by atoms with Crippen LogP contribution in [0.15, 0.2) is 77.0 Å². The van der Waals surface area contributed by atoms with Gasteiger partial charge in [0.25, 0.3) is 0 Å². The van der Waals surface area contributed by atoms with Crippen molar-refractivity contribution in [3.63, 3.8) is 0 Å². The molecule has 1 spiro atoms. The zero-order valence-electron chi connectivity index (χ0n) is 20.5. The minimum absolute atomic E-state index is 0.0333. The average molecular weight is 446 g/mol. The number of nitrogens with zero attached hydrogens (tertiary/aromatic N) is 1. The van der Waals surface area contributed by atoms with E-state index in [4.69, 9.17) is 4.84 Å². The van der Waals surface area contributed by atoms with Gasteiger partial charge in [-0.15, -0.1) is 0 Å². The summed E-state index contributed by atoms with van der Waals surface area (Å²) in [5, 5.41) is 4.47. The van der Waals surface area contributed by atoms with Crippen LogP contribution in [0.4, 0.5) is 4.39 Å². The van der Waals surface area contributed by atoms with Crippen molar-refractivity contribution in [2.24, 2.45) is 16.0 Å². The number of hydrogen-bond donors (Lipinski definition) is 0. The first-order valence-corrected chi connectivity index (χ1v) is 11.4. The Morgan fingerprint density at radius 3 is 2.00 bits per heavy atom. The lowest BCUT2D eigenvalue weighted by Crippen LogP contribution is -2.41. The monoisotopic (exact) mass is 445 g/mol. The second-order valence-corrected chi connectivity index (χ2v) is 11.2. The van der Waals surface area contributed by atoms with Gasteiger partial charge in [0.2, 0.25) is 0 Å². The molecule has 172 valence electrons. The van der Waals surface area contributed by atoms with Crippen molar-refractivity contribution in [2.45, 2.75) is 60.0 Å². The SMILES string of the molecule is Cc1ccc(C2=NOC3(C=C(C(C)(C)C)C(=O)C(C(C)(C)C)=C3)C2c2ccccc2)c(F)c1. The molecule has 3 nitrogen and oxygen atoms in total. The summed E-state index contributed by atoms with van der Waals surface area (Å²) in [7, 11) is 0. The van der Waals surface area contributed by atoms with E-state index in [9.17, 15) is 4.79 Å². The van der Waals surface area contributed by atoms with E-state index < -0.39 is 22.3 Å². The molecule has 0 fully saturated rings. The number of hydrogen-bond acceptors (Lipinski definition) is 3. The molecule has 0 saturated carbocycles. The van der Waals surface area contributed by atoms with Crippen molar-refractivity contribution >= 4 is 11.5 Å². The maximum atomic E-state index is 15.1. The molecule has 0 saturated heterocycles. The van der Waals surface area contributed by atoms with Gasteiger partial charge in [-0.25, -0.2) is 4.39 Å². The maximum Gasteiger partial charge on any atom is 0.187 e. The topological polar surface area (TPSA) is 38.7 Å². The molecule has 1 heterocycles. The fraction of sp³-hybridized carbons (Fsp3) is 0.379. The summed E-state index contributed by atoms with van der Waals surface area (Å²) >= 11 is 0. The summed E-state index contributed by atoms with van der Waals surface area (Å²) < 4.78 is 15.1. The van der Waals surface area contributed by atoms with Crippen molar-refractivity contribution in [1.29, 1.82) is 0 Å². The molecule has 33 heavy (non-hydrogen) atoms. The van der Waals surface area contributed by atoms with Crippen LogP contribution in [0, 0.1) is 23.6 Å². The van der Waals surface area contributed by atoms with Gasteiger partial charge in [-0.05, 0) is 53.2 Å². The summed E-state index contributed by atoms with van der Waals surface area (Å²) in [6.45, 7) is 14.1. The van der Waals surface area contributed by atoms with Gasteiger partial charge >= 0.3 is 0 Å². The second kappa shape index (κ2) is 7.79. The predicted molar refractivity (Wildman–Crippen MR) is 131 cm³/mol. The minimum Gasteiger partial charge on any atom is -0.379 e. The molecule has 1 atom stereocenters. The summed E-state index contributed by atoms with van der Waals surface area (Å²) in [5.41, 5.74) is 2.32. The van der Waals surface area contributed by atoms with Crippen molar-refractivity contribution in [3.05, 3.63) is 94.3 Å². The molecule has 0 amide bonds. The minimum atomic E-state index is -1.02. The molecule has 0 aromatic heterocycles. The standard InChI is InChI=1S/C29H32FNO2/c1-18-13-14-20(23(30)15-18)25-24(19-11-9-8-10-12-19)29(33-31-25)16-21(27(2,3)4)26(32)22(17-29)28(5,6)7/h8-17,24H,1-7H3.